The van der Waals surface area contributed by atoms with Gasteiger partial charge in [-0.1, -0.05) is 0 Å². The van der Waals surface area contributed by atoms with Crippen LogP contribution in [0.4, 0.5) is 13.2 Å². The van der Waals surface area contributed by atoms with E-state index in [9.17, 15) is 18.0 Å². The minimum atomic E-state index is -4.26. The number of amides is 1. The molecule has 0 unspecified atom stereocenters. The zero-order valence-corrected chi connectivity index (χ0v) is 10.7. The Morgan fingerprint density at radius 1 is 1.16 bits per heavy atom. The predicted molar refractivity (Wildman–Crippen MR) is 62.3 cm³/mol. The highest BCUT2D eigenvalue weighted by atomic mass is 19.4. The van der Waals surface area contributed by atoms with Crippen LogP contribution in [0.3, 0.4) is 0 Å². The SMILES string of the molecule is NC(=O)C1CCN([C@@H]2CC[C@H](C(F)(F)F)OC2)CC1. The van der Waals surface area contributed by atoms with Gasteiger partial charge in [-0.2, -0.15) is 13.2 Å². The summed E-state index contributed by atoms with van der Waals surface area (Å²) in [6.45, 7) is 1.53. The molecular weight excluding hydrogens is 261 g/mol. The maximum atomic E-state index is 12.5. The van der Waals surface area contributed by atoms with Gasteiger partial charge in [-0.15, -0.1) is 0 Å². The number of primary amides is 1. The number of nitrogens with zero attached hydrogens (tertiary/aromatic N) is 1. The van der Waals surface area contributed by atoms with Crippen LogP contribution in [0.2, 0.25) is 0 Å². The third-order valence-corrected chi connectivity index (χ3v) is 4.07. The molecule has 0 aromatic carbocycles. The van der Waals surface area contributed by atoms with Crippen molar-refractivity contribution >= 4 is 5.91 Å². The predicted octanol–water partition coefficient (Wildman–Crippen LogP) is 1.29. The van der Waals surface area contributed by atoms with Crippen LogP contribution in [0.1, 0.15) is 25.7 Å². The molecule has 0 saturated carbocycles. The number of piperidine rings is 1. The van der Waals surface area contributed by atoms with E-state index < -0.39 is 12.3 Å². The highest BCUT2D eigenvalue weighted by Crippen LogP contribution is 2.32. The first kappa shape index (κ1) is 14.6. The molecule has 2 aliphatic rings. The molecule has 7 heteroatoms. The zero-order valence-electron chi connectivity index (χ0n) is 10.7. The monoisotopic (exact) mass is 280 g/mol. The summed E-state index contributed by atoms with van der Waals surface area (Å²) in [7, 11) is 0. The van der Waals surface area contributed by atoms with Gasteiger partial charge in [-0.05, 0) is 38.8 Å². The van der Waals surface area contributed by atoms with Gasteiger partial charge in [0.1, 0.15) is 0 Å². The second-order valence-electron chi connectivity index (χ2n) is 5.31. The first-order valence-corrected chi connectivity index (χ1v) is 6.59. The number of hydrogen-bond acceptors (Lipinski definition) is 3. The first-order valence-electron chi connectivity index (χ1n) is 6.59. The van der Waals surface area contributed by atoms with Crippen LogP contribution in [0, 0.1) is 5.92 Å². The summed E-state index contributed by atoms with van der Waals surface area (Å²) >= 11 is 0. The topological polar surface area (TPSA) is 55.6 Å². The summed E-state index contributed by atoms with van der Waals surface area (Å²) in [6.07, 6.45) is -3.99. The quantitative estimate of drug-likeness (QED) is 0.829. The highest BCUT2D eigenvalue weighted by Gasteiger charge is 2.43. The molecule has 2 aliphatic heterocycles. The minimum Gasteiger partial charge on any atom is -0.369 e. The standard InChI is InChI=1S/C12H19F3N2O2/c13-12(14,15)10-2-1-9(7-19-10)17-5-3-8(4-6-17)11(16)18/h8-10H,1-7H2,(H2,16,18)/t9-,10-/m1/s1. The van der Waals surface area contributed by atoms with Gasteiger partial charge in [0, 0.05) is 12.0 Å². The van der Waals surface area contributed by atoms with Crippen molar-refractivity contribution in [3.8, 4) is 0 Å². The van der Waals surface area contributed by atoms with E-state index in [-0.39, 0.29) is 30.9 Å². The lowest BCUT2D eigenvalue weighted by molar-refractivity contribution is -0.237. The molecule has 2 heterocycles. The average Bonchev–Trinajstić information content (AvgIpc) is 2.38. The smallest absolute Gasteiger partial charge is 0.369 e. The van der Waals surface area contributed by atoms with Crippen molar-refractivity contribution < 1.29 is 22.7 Å². The Bertz CT molecular complexity index is 319. The molecule has 0 aliphatic carbocycles. The molecule has 0 radical (unpaired) electrons. The fourth-order valence-corrected chi connectivity index (χ4v) is 2.83. The van der Waals surface area contributed by atoms with Crippen LogP contribution in [-0.2, 0) is 9.53 Å². The molecule has 2 N–H and O–H groups in total. The van der Waals surface area contributed by atoms with E-state index in [1.165, 1.54) is 0 Å². The van der Waals surface area contributed by atoms with Gasteiger partial charge in [0.15, 0.2) is 6.10 Å². The van der Waals surface area contributed by atoms with Gasteiger partial charge >= 0.3 is 6.18 Å². The number of alkyl halides is 3. The Kier molecular flexibility index (Phi) is 4.35. The van der Waals surface area contributed by atoms with Gasteiger partial charge in [-0.3, -0.25) is 9.69 Å². The first-order chi connectivity index (χ1) is 8.88. The summed E-state index contributed by atoms with van der Waals surface area (Å²) in [5.41, 5.74) is 5.25. The number of likely N-dealkylation sites (tertiary alicyclic amines) is 1. The Morgan fingerprint density at radius 3 is 2.21 bits per heavy atom. The number of halogens is 3. The lowest BCUT2D eigenvalue weighted by Gasteiger charge is -2.40. The van der Waals surface area contributed by atoms with Gasteiger partial charge in [-0.25, -0.2) is 0 Å². The molecule has 0 spiro atoms. The molecule has 19 heavy (non-hydrogen) atoms. The molecule has 0 bridgehead atoms. The van der Waals surface area contributed by atoms with E-state index in [1.54, 1.807) is 0 Å². The fraction of sp³-hybridized carbons (Fsp3) is 0.917. The van der Waals surface area contributed by atoms with Crippen molar-refractivity contribution in [3.05, 3.63) is 0 Å². The Balaban J connectivity index is 1.78. The molecule has 2 rings (SSSR count). The van der Waals surface area contributed by atoms with E-state index in [0.717, 1.165) is 0 Å². The van der Waals surface area contributed by atoms with Crippen LogP contribution in [-0.4, -0.2) is 48.8 Å². The second kappa shape index (κ2) is 5.66. The van der Waals surface area contributed by atoms with Gasteiger partial charge in [0.2, 0.25) is 5.91 Å². The molecule has 0 aromatic heterocycles. The maximum Gasteiger partial charge on any atom is 0.414 e. The normalized spacial score (nSPS) is 31.3. The maximum absolute atomic E-state index is 12.5. The van der Waals surface area contributed by atoms with E-state index in [0.29, 0.717) is 32.4 Å². The molecule has 2 saturated heterocycles. The van der Waals surface area contributed by atoms with Crippen molar-refractivity contribution in [3.63, 3.8) is 0 Å². The third-order valence-electron chi connectivity index (χ3n) is 4.07. The number of carbonyl (C=O) groups excluding carboxylic acids is 1. The molecule has 1 amide bonds. The molecule has 110 valence electrons. The molecule has 2 atom stereocenters. The van der Waals surface area contributed by atoms with Crippen molar-refractivity contribution in [2.45, 2.75) is 44.0 Å². The molecular formula is C12H19F3N2O2. The second-order valence-corrected chi connectivity index (χ2v) is 5.31. The summed E-state index contributed by atoms with van der Waals surface area (Å²) in [5, 5.41) is 0. The average molecular weight is 280 g/mol. The Labute approximate surface area is 110 Å². The van der Waals surface area contributed by atoms with Crippen LogP contribution < -0.4 is 5.73 Å². The third kappa shape index (κ3) is 3.60. The van der Waals surface area contributed by atoms with Crippen molar-refractivity contribution in [2.24, 2.45) is 11.7 Å². The van der Waals surface area contributed by atoms with Crippen molar-refractivity contribution in [2.75, 3.05) is 19.7 Å². The van der Waals surface area contributed by atoms with E-state index >= 15 is 0 Å². The van der Waals surface area contributed by atoms with E-state index in [2.05, 4.69) is 4.90 Å². The van der Waals surface area contributed by atoms with Crippen LogP contribution in [0.5, 0.6) is 0 Å². The molecule has 0 aromatic rings. The molecule has 2 fully saturated rings. The molecule has 4 nitrogen and oxygen atoms in total. The number of ether oxygens (including phenoxy) is 1. The number of rotatable bonds is 2. The van der Waals surface area contributed by atoms with Gasteiger partial charge in [0.05, 0.1) is 6.61 Å². The number of hydrogen-bond donors (Lipinski definition) is 1. The van der Waals surface area contributed by atoms with Gasteiger partial charge < -0.3 is 10.5 Å². The summed E-state index contributed by atoms with van der Waals surface area (Å²) in [6, 6.07) is 0.0347. The van der Waals surface area contributed by atoms with Crippen LogP contribution >= 0.6 is 0 Å². The highest BCUT2D eigenvalue weighted by molar-refractivity contribution is 5.76. The Morgan fingerprint density at radius 2 is 1.79 bits per heavy atom. The van der Waals surface area contributed by atoms with Crippen LogP contribution in [0.15, 0.2) is 0 Å². The lowest BCUT2D eigenvalue weighted by atomic mass is 9.93. The van der Waals surface area contributed by atoms with Crippen molar-refractivity contribution in [1.82, 2.24) is 4.90 Å². The fourth-order valence-electron chi connectivity index (χ4n) is 2.83. The summed E-state index contributed by atoms with van der Waals surface area (Å²) in [5.74, 6) is -0.375. The van der Waals surface area contributed by atoms with Crippen molar-refractivity contribution in [1.29, 1.82) is 0 Å². The number of carbonyl (C=O) groups is 1. The van der Waals surface area contributed by atoms with Gasteiger partial charge in [0.25, 0.3) is 0 Å². The minimum absolute atomic E-state index is 0.0178. The number of nitrogens with two attached hydrogens (primary N) is 1. The summed E-state index contributed by atoms with van der Waals surface area (Å²) in [4.78, 5) is 13.2. The lowest BCUT2D eigenvalue weighted by Crippen LogP contribution is -2.50. The Hall–Kier alpha value is -0.820. The van der Waals surface area contributed by atoms with E-state index in [1.807, 2.05) is 0 Å². The zero-order chi connectivity index (χ0) is 14.0. The largest absolute Gasteiger partial charge is 0.414 e. The summed E-state index contributed by atoms with van der Waals surface area (Å²) < 4.78 is 42.3. The van der Waals surface area contributed by atoms with Crippen LogP contribution in [0.25, 0.3) is 0 Å². The van der Waals surface area contributed by atoms with E-state index in [4.69, 9.17) is 10.5 Å².